The second-order valence-electron chi connectivity index (χ2n) is 7.25. The van der Waals surface area contributed by atoms with Crippen molar-refractivity contribution in [3.63, 3.8) is 0 Å². The zero-order chi connectivity index (χ0) is 22.5. The van der Waals surface area contributed by atoms with E-state index in [1.165, 1.54) is 0 Å². The minimum Gasteiger partial charge on any atom is -0.493 e. The largest absolute Gasteiger partial charge is 0.493 e. The van der Waals surface area contributed by atoms with Gasteiger partial charge in [0.15, 0.2) is 11.5 Å². The van der Waals surface area contributed by atoms with E-state index in [1.54, 1.807) is 43.6 Å². The molecule has 1 fully saturated rings. The number of methoxy groups -OCH3 is 2. The van der Waals surface area contributed by atoms with Gasteiger partial charge in [0.25, 0.3) is 0 Å². The Morgan fingerprint density at radius 1 is 0.969 bits per heavy atom. The first-order chi connectivity index (χ1) is 15.6. The Morgan fingerprint density at radius 3 is 2.47 bits per heavy atom. The third-order valence-electron chi connectivity index (χ3n) is 5.30. The van der Waals surface area contributed by atoms with Crippen LogP contribution in [0.2, 0.25) is 5.02 Å². The maximum absolute atomic E-state index is 12.6. The van der Waals surface area contributed by atoms with Crippen molar-refractivity contribution >= 4 is 29.1 Å². The van der Waals surface area contributed by atoms with Crippen LogP contribution < -0.4 is 19.7 Å². The van der Waals surface area contributed by atoms with Gasteiger partial charge in [-0.25, -0.2) is 14.8 Å². The van der Waals surface area contributed by atoms with Gasteiger partial charge in [-0.2, -0.15) is 0 Å². The minimum absolute atomic E-state index is 0.138. The second-order valence-corrected chi connectivity index (χ2v) is 7.68. The molecule has 0 aliphatic carbocycles. The Labute approximate surface area is 191 Å². The average Bonchev–Trinajstić information content (AvgIpc) is 2.83. The first kappa shape index (κ1) is 21.7. The Hall–Kier alpha value is -3.52. The van der Waals surface area contributed by atoms with Crippen molar-refractivity contribution in [1.82, 2.24) is 14.9 Å². The van der Waals surface area contributed by atoms with Crippen LogP contribution in [0.25, 0.3) is 11.3 Å². The summed E-state index contributed by atoms with van der Waals surface area (Å²) in [6.07, 6.45) is 1.56. The van der Waals surface area contributed by atoms with Crippen LogP contribution in [0.4, 0.5) is 16.3 Å². The summed E-state index contributed by atoms with van der Waals surface area (Å²) in [5.41, 5.74) is 2.38. The number of urea groups is 1. The Bertz CT molecular complexity index is 1100. The standard InChI is InChI=1S/C23H24ClN5O3/c1-31-20-7-6-16(12-21(20)32-2)19-14-22(26-15-25-19)28-8-10-29(11-9-28)23(30)27-18-5-3-4-17(24)13-18/h3-7,12-15H,8-11H2,1-2H3,(H,27,30). The number of nitrogens with zero attached hydrogens (tertiary/aromatic N) is 4. The molecule has 0 spiro atoms. The summed E-state index contributed by atoms with van der Waals surface area (Å²) >= 11 is 5.99. The van der Waals surface area contributed by atoms with Crippen LogP contribution in [-0.4, -0.2) is 61.3 Å². The van der Waals surface area contributed by atoms with Gasteiger partial charge in [-0.3, -0.25) is 0 Å². The average molecular weight is 454 g/mol. The second kappa shape index (κ2) is 9.74. The van der Waals surface area contributed by atoms with E-state index in [-0.39, 0.29) is 6.03 Å². The van der Waals surface area contributed by atoms with Gasteiger partial charge in [-0.1, -0.05) is 17.7 Å². The fourth-order valence-electron chi connectivity index (χ4n) is 3.58. The predicted octanol–water partition coefficient (Wildman–Crippen LogP) is 4.17. The summed E-state index contributed by atoms with van der Waals surface area (Å²) in [5.74, 6) is 2.13. The highest BCUT2D eigenvalue weighted by Gasteiger charge is 2.22. The van der Waals surface area contributed by atoms with E-state index < -0.39 is 0 Å². The van der Waals surface area contributed by atoms with Crippen molar-refractivity contribution in [3.8, 4) is 22.8 Å². The SMILES string of the molecule is COc1ccc(-c2cc(N3CCN(C(=O)Nc4cccc(Cl)c4)CC3)ncn2)cc1OC. The van der Waals surface area contributed by atoms with E-state index in [9.17, 15) is 4.79 Å². The molecule has 1 aliphatic rings. The number of carbonyl (C=O) groups excluding carboxylic acids is 1. The Kier molecular flexibility index (Phi) is 6.61. The number of hydrogen-bond acceptors (Lipinski definition) is 6. The van der Waals surface area contributed by atoms with Crippen LogP contribution in [-0.2, 0) is 0 Å². The molecule has 8 nitrogen and oxygen atoms in total. The van der Waals surface area contributed by atoms with Crippen molar-refractivity contribution in [1.29, 1.82) is 0 Å². The maximum atomic E-state index is 12.6. The Morgan fingerprint density at radius 2 is 1.75 bits per heavy atom. The molecule has 4 rings (SSSR count). The number of amides is 2. The first-order valence-electron chi connectivity index (χ1n) is 10.2. The lowest BCUT2D eigenvalue weighted by Crippen LogP contribution is -2.50. The number of halogens is 1. The van der Waals surface area contributed by atoms with Crippen molar-refractivity contribution in [3.05, 3.63) is 59.9 Å². The van der Waals surface area contributed by atoms with Gasteiger partial charge < -0.3 is 24.6 Å². The predicted molar refractivity (Wildman–Crippen MR) is 125 cm³/mol. The Balaban J connectivity index is 1.41. The van der Waals surface area contributed by atoms with E-state index in [1.807, 2.05) is 30.3 Å². The number of benzene rings is 2. The molecule has 0 saturated carbocycles. The summed E-state index contributed by atoms with van der Waals surface area (Å²) in [4.78, 5) is 25.4. The van der Waals surface area contributed by atoms with Gasteiger partial charge in [0, 0.05) is 48.5 Å². The van der Waals surface area contributed by atoms with E-state index in [0.717, 1.165) is 17.1 Å². The van der Waals surface area contributed by atoms with E-state index >= 15 is 0 Å². The molecule has 0 radical (unpaired) electrons. The molecule has 166 valence electrons. The van der Waals surface area contributed by atoms with Crippen molar-refractivity contribution in [2.75, 3.05) is 50.6 Å². The van der Waals surface area contributed by atoms with Gasteiger partial charge in [0.05, 0.1) is 19.9 Å². The summed E-state index contributed by atoms with van der Waals surface area (Å²) in [7, 11) is 3.21. The smallest absolute Gasteiger partial charge is 0.321 e. The van der Waals surface area contributed by atoms with Crippen molar-refractivity contribution < 1.29 is 14.3 Å². The molecule has 1 aromatic heterocycles. The highest BCUT2D eigenvalue weighted by Crippen LogP contribution is 2.32. The zero-order valence-corrected chi connectivity index (χ0v) is 18.7. The number of rotatable bonds is 5. The highest BCUT2D eigenvalue weighted by atomic mass is 35.5. The molecule has 1 saturated heterocycles. The molecule has 0 bridgehead atoms. The van der Waals surface area contributed by atoms with E-state index in [0.29, 0.717) is 48.4 Å². The lowest BCUT2D eigenvalue weighted by atomic mass is 10.1. The van der Waals surface area contributed by atoms with Gasteiger partial charge in [-0.15, -0.1) is 0 Å². The van der Waals surface area contributed by atoms with Crippen LogP contribution >= 0.6 is 11.6 Å². The molecular weight excluding hydrogens is 430 g/mol. The van der Waals surface area contributed by atoms with Gasteiger partial charge in [-0.05, 0) is 36.4 Å². The molecule has 32 heavy (non-hydrogen) atoms. The summed E-state index contributed by atoms with van der Waals surface area (Å²) in [6.45, 7) is 2.51. The van der Waals surface area contributed by atoms with Gasteiger partial charge >= 0.3 is 6.03 Å². The first-order valence-corrected chi connectivity index (χ1v) is 10.6. The van der Waals surface area contributed by atoms with Gasteiger partial charge in [0.1, 0.15) is 12.1 Å². The zero-order valence-electron chi connectivity index (χ0n) is 17.9. The lowest BCUT2D eigenvalue weighted by molar-refractivity contribution is 0.208. The van der Waals surface area contributed by atoms with E-state index in [4.69, 9.17) is 21.1 Å². The molecule has 1 N–H and O–H groups in total. The molecule has 2 aromatic carbocycles. The number of hydrogen-bond donors (Lipinski definition) is 1. The molecule has 2 heterocycles. The molecule has 2 amide bonds. The number of ether oxygens (including phenoxy) is 2. The van der Waals surface area contributed by atoms with Crippen LogP contribution in [0.1, 0.15) is 0 Å². The van der Waals surface area contributed by atoms with Crippen LogP contribution in [0.3, 0.4) is 0 Å². The van der Waals surface area contributed by atoms with Crippen LogP contribution in [0.15, 0.2) is 54.9 Å². The van der Waals surface area contributed by atoms with Gasteiger partial charge in [0.2, 0.25) is 0 Å². The normalized spacial score (nSPS) is 13.6. The summed E-state index contributed by atoms with van der Waals surface area (Å²) in [6, 6.07) is 14.6. The molecule has 9 heteroatoms. The lowest BCUT2D eigenvalue weighted by Gasteiger charge is -2.35. The maximum Gasteiger partial charge on any atom is 0.321 e. The van der Waals surface area contributed by atoms with Crippen LogP contribution in [0, 0.1) is 0 Å². The number of anilines is 2. The molecule has 3 aromatic rings. The number of carbonyl (C=O) groups is 1. The molecule has 0 unspecified atom stereocenters. The van der Waals surface area contributed by atoms with Crippen molar-refractivity contribution in [2.24, 2.45) is 0 Å². The highest BCUT2D eigenvalue weighted by molar-refractivity contribution is 6.30. The number of piperazine rings is 1. The topological polar surface area (TPSA) is 79.8 Å². The van der Waals surface area contributed by atoms with Crippen LogP contribution in [0.5, 0.6) is 11.5 Å². The quantitative estimate of drug-likeness (QED) is 0.624. The summed E-state index contributed by atoms with van der Waals surface area (Å²) < 4.78 is 10.7. The third-order valence-corrected chi connectivity index (χ3v) is 5.53. The minimum atomic E-state index is -0.138. The molecular formula is C23H24ClN5O3. The third kappa shape index (κ3) is 4.86. The fraction of sp³-hybridized carbons (Fsp3) is 0.261. The number of nitrogens with one attached hydrogen (secondary N) is 1. The fourth-order valence-corrected chi connectivity index (χ4v) is 3.77. The number of aromatic nitrogens is 2. The monoisotopic (exact) mass is 453 g/mol. The summed E-state index contributed by atoms with van der Waals surface area (Å²) in [5, 5.41) is 3.48. The van der Waals surface area contributed by atoms with Crippen molar-refractivity contribution in [2.45, 2.75) is 0 Å². The molecule has 0 atom stereocenters. The van der Waals surface area contributed by atoms with E-state index in [2.05, 4.69) is 20.2 Å². The molecule has 1 aliphatic heterocycles.